The molecule has 8 nitrogen and oxygen atoms in total. The molecule has 4 heterocycles. The number of amides is 1. The first-order chi connectivity index (χ1) is 19.1. The first-order valence-electron chi connectivity index (χ1n) is 13.5. The van der Waals surface area contributed by atoms with Gasteiger partial charge in [0.15, 0.2) is 5.82 Å². The molecule has 0 saturated carbocycles. The lowest BCUT2D eigenvalue weighted by atomic mass is 9.88. The first kappa shape index (κ1) is 27.2. The quantitative estimate of drug-likeness (QED) is 0.395. The van der Waals surface area contributed by atoms with Crippen molar-refractivity contribution in [2.75, 3.05) is 13.1 Å². The number of benzene rings is 1. The molecule has 0 unspecified atom stereocenters. The van der Waals surface area contributed by atoms with Crippen molar-refractivity contribution in [3.63, 3.8) is 0 Å². The molecular formula is C32H34N6O2. The number of pyridine rings is 2. The molecule has 5 rings (SSSR count). The fraction of sp³-hybridized carbons (Fsp3) is 0.344. The summed E-state index contributed by atoms with van der Waals surface area (Å²) >= 11 is 0. The van der Waals surface area contributed by atoms with Crippen LogP contribution < -0.4 is 0 Å². The van der Waals surface area contributed by atoms with Gasteiger partial charge in [-0.05, 0) is 53.6 Å². The molecule has 0 atom stereocenters. The standard InChI is InChI=1S/C32H34N6O2/c1-31(2,3)25-10-12-27(35-20-25)30-36-28(21-37(30)4)32(40)13-15-38(16-14-32)29(39)17-23-7-11-26(34-19-23)24-8-5-22(18-33)6-9-24/h5-12,19-21,40H,13-17H2,1-4H3. The van der Waals surface area contributed by atoms with Gasteiger partial charge in [-0.15, -0.1) is 0 Å². The van der Waals surface area contributed by atoms with Gasteiger partial charge in [0.25, 0.3) is 0 Å². The summed E-state index contributed by atoms with van der Waals surface area (Å²) in [6.07, 6.45) is 6.57. The van der Waals surface area contributed by atoms with Crippen LogP contribution >= 0.6 is 0 Å². The number of nitrogens with zero attached hydrogens (tertiary/aromatic N) is 6. The van der Waals surface area contributed by atoms with E-state index < -0.39 is 5.60 Å². The molecule has 0 bridgehead atoms. The fourth-order valence-corrected chi connectivity index (χ4v) is 4.98. The van der Waals surface area contributed by atoms with Crippen molar-refractivity contribution in [3.05, 3.63) is 89.5 Å². The van der Waals surface area contributed by atoms with E-state index in [2.05, 4.69) is 42.9 Å². The lowest BCUT2D eigenvalue weighted by molar-refractivity contribution is -0.135. The molecule has 1 aliphatic heterocycles. The van der Waals surface area contributed by atoms with Crippen LogP contribution in [0.3, 0.4) is 0 Å². The van der Waals surface area contributed by atoms with Crippen molar-refractivity contribution < 1.29 is 9.90 Å². The maximum Gasteiger partial charge on any atom is 0.227 e. The van der Waals surface area contributed by atoms with Gasteiger partial charge >= 0.3 is 0 Å². The third kappa shape index (κ3) is 5.65. The molecule has 0 spiro atoms. The highest BCUT2D eigenvalue weighted by Crippen LogP contribution is 2.34. The summed E-state index contributed by atoms with van der Waals surface area (Å²) in [5.41, 5.74) is 4.60. The second-order valence-corrected chi connectivity index (χ2v) is 11.6. The van der Waals surface area contributed by atoms with Gasteiger partial charge in [-0.25, -0.2) is 4.98 Å². The van der Waals surface area contributed by atoms with Gasteiger partial charge in [0.1, 0.15) is 11.3 Å². The Bertz CT molecular complexity index is 1530. The Morgan fingerprint density at radius 3 is 2.25 bits per heavy atom. The van der Waals surface area contributed by atoms with Crippen LogP contribution in [0, 0.1) is 11.3 Å². The molecule has 40 heavy (non-hydrogen) atoms. The molecule has 1 fully saturated rings. The predicted octanol–water partition coefficient (Wildman–Crippen LogP) is 4.77. The van der Waals surface area contributed by atoms with Gasteiger partial charge in [-0.3, -0.25) is 14.8 Å². The predicted molar refractivity (Wildman–Crippen MR) is 153 cm³/mol. The molecule has 204 valence electrons. The van der Waals surface area contributed by atoms with Crippen LogP contribution in [-0.4, -0.2) is 48.5 Å². The van der Waals surface area contributed by atoms with E-state index in [1.807, 2.05) is 54.3 Å². The average molecular weight is 535 g/mol. The lowest BCUT2D eigenvalue weighted by Crippen LogP contribution is -2.45. The van der Waals surface area contributed by atoms with Crippen molar-refractivity contribution in [1.29, 1.82) is 5.26 Å². The number of rotatable bonds is 5. The molecule has 1 aromatic carbocycles. The normalized spacial score (nSPS) is 15.1. The van der Waals surface area contributed by atoms with Crippen LogP contribution in [0.5, 0.6) is 0 Å². The smallest absolute Gasteiger partial charge is 0.227 e. The molecule has 3 aromatic heterocycles. The van der Waals surface area contributed by atoms with E-state index in [4.69, 9.17) is 10.2 Å². The van der Waals surface area contributed by atoms with E-state index >= 15 is 0 Å². The van der Waals surface area contributed by atoms with Gasteiger partial charge in [-0.2, -0.15) is 5.26 Å². The number of carbonyl (C=O) groups excluding carboxylic acids is 1. The molecule has 0 radical (unpaired) electrons. The van der Waals surface area contributed by atoms with Gasteiger partial charge in [0.05, 0.1) is 29.4 Å². The summed E-state index contributed by atoms with van der Waals surface area (Å²) in [7, 11) is 1.91. The van der Waals surface area contributed by atoms with Crippen LogP contribution in [0.2, 0.25) is 0 Å². The van der Waals surface area contributed by atoms with Gasteiger partial charge in [0, 0.05) is 44.3 Å². The van der Waals surface area contributed by atoms with E-state index in [9.17, 15) is 9.90 Å². The number of carbonyl (C=O) groups is 1. The molecule has 0 aliphatic carbocycles. The topological polar surface area (TPSA) is 108 Å². The van der Waals surface area contributed by atoms with Crippen molar-refractivity contribution in [2.24, 2.45) is 7.05 Å². The van der Waals surface area contributed by atoms with Crippen LogP contribution in [0.15, 0.2) is 67.1 Å². The van der Waals surface area contributed by atoms with Gasteiger partial charge in [0.2, 0.25) is 5.91 Å². The number of imidazole rings is 1. The Balaban J connectivity index is 1.20. The molecular weight excluding hydrogens is 500 g/mol. The van der Waals surface area contributed by atoms with Gasteiger partial charge in [-0.1, -0.05) is 45.0 Å². The second kappa shape index (κ2) is 10.7. The first-order valence-corrected chi connectivity index (χ1v) is 13.5. The van der Waals surface area contributed by atoms with Crippen molar-refractivity contribution >= 4 is 5.91 Å². The number of likely N-dealkylation sites (tertiary alicyclic amines) is 1. The molecule has 1 N–H and O–H groups in total. The van der Waals surface area contributed by atoms with Crippen LogP contribution in [-0.2, 0) is 29.3 Å². The second-order valence-electron chi connectivity index (χ2n) is 11.6. The highest BCUT2D eigenvalue weighted by molar-refractivity contribution is 5.79. The SMILES string of the molecule is Cn1cc(C2(O)CCN(C(=O)Cc3ccc(-c4ccc(C#N)cc4)nc3)CC2)nc1-c1ccc(C(C)(C)C)cn1. The third-order valence-electron chi connectivity index (χ3n) is 7.64. The Morgan fingerprint density at radius 2 is 1.68 bits per heavy atom. The number of hydrogen-bond acceptors (Lipinski definition) is 6. The molecule has 4 aromatic rings. The van der Waals surface area contributed by atoms with Gasteiger partial charge < -0.3 is 14.6 Å². The zero-order valence-electron chi connectivity index (χ0n) is 23.4. The minimum atomic E-state index is -1.09. The maximum atomic E-state index is 13.0. The highest BCUT2D eigenvalue weighted by Gasteiger charge is 2.38. The van der Waals surface area contributed by atoms with E-state index in [1.165, 1.54) is 0 Å². The largest absolute Gasteiger partial charge is 0.383 e. The summed E-state index contributed by atoms with van der Waals surface area (Å²) in [4.78, 5) is 28.8. The Morgan fingerprint density at radius 1 is 1.00 bits per heavy atom. The number of nitriles is 1. The minimum Gasteiger partial charge on any atom is -0.383 e. The monoisotopic (exact) mass is 534 g/mol. The summed E-state index contributed by atoms with van der Waals surface area (Å²) in [5.74, 6) is 0.721. The number of piperidine rings is 1. The minimum absolute atomic E-state index is 0.0137. The highest BCUT2D eigenvalue weighted by atomic mass is 16.3. The molecule has 8 heteroatoms. The summed E-state index contributed by atoms with van der Waals surface area (Å²) in [6, 6.07) is 17.2. The van der Waals surface area contributed by atoms with E-state index in [0.717, 1.165) is 28.1 Å². The van der Waals surface area contributed by atoms with E-state index in [1.54, 1.807) is 23.2 Å². The molecule has 1 amide bonds. The van der Waals surface area contributed by atoms with Crippen LogP contribution in [0.25, 0.3) is 22.8 Å². The molecule has 1 saturated heterocycles. The van der Waals surface area contributed by atoms with E-state index in [-0.39, 0.29) is 17.7 Å². The van der Waals surface area contributed by atoms with Crippen molar-refractivity contribution in [3.8, 4) is 28.8 Å². The zero-order chi connectivity index (χ0) is 28.5. The zero-order valence-corrected chi connectivity index (χ0v) is 23.4. The fourth-order valence-electron chi connectivity index (χ4n) is 4.98. The van der Waals surface area contributed by atoms with E-state index in [0.29, 0.717) is 43.0 Å². The third-order valence-corrected chi connectivity index (χ3v) is 7.64. The Kier molecular flexibility index (Phi) is 7.26. The molecule has 1 aliphatic rings. The lowest BCUT2D eigenvalue weighted by Gasteiger charge is -2.37. The number of aryl methyl sites for hydroxylation is 1. The Hall–Kier alpha value is -4.35. The Labute approximate surface area is 235 Å². The van der Waals surface area contributed by atoms with Crippen LogP contribution in [0.4, 0.5) is 0 Å². The summed E-state index contributed by atoms with van der Waals surface area (Å²) in [6.45, 7) is 7.37. The average Bonchev–Trinajstić information content (AvgIpc) is 3.36. The van der Waals surface area contributed by atoms with Crippen molar-refractivity contribution in [2.45, 2.75) is 51.0 Å². The number of hydrogen-bond donors (Lipinski definition) is 1. The maximum absolute atomic E-state index is 13.0. The summed E-state index contributed by atoms with van der Waals surface area (Å²) in [5, 5.41) is 20.5. The number of aliphatic hydroxyl groups is 1. The number of aromatic nitrogens is 4. The van der Waals surface area contributed by atoms with Crippen molar-refractivity contribution in [1.82, 2.24) is 24.4 Å². The summed E-state index contributed by atoms with van der Waals surface area (Å²) < 4.78 is 1.90. The van der Waals surface area contributed by atoms with Crippen LogP contribution in [0.1, 0.15) is 56.0 Å².